The quantitative estimate of drug-likeness (QED) is 0.764. The second-order valence-electron chi connectivity index (χ2n) is 5.18. The van der Waals surface area contributed by atoms with Gasteiger partial charge in [-0.15, -0.1) is 0 Å². The second kappa shape index (κ2) is 7.14. The van der Waals surface area contributed by atoms with Crippen LogP contribution in [0, 0.1) is 5.92 Å². The molecule has 1 aliphatic heterocycles. The number of benzene rings is 1. The van der Waals surface area contributed by atoms with Gasteiger partial charge in [-0.2, -0.15) is 0 Å². The topological polar surface area (TPSA) is 67.6 Å². The van der Waals surface area contributed by atoms with E-state index in [4.69, 9.17) is 10.5 Å². The lowest BCUT2D eigenvalue weighted by Gasteiger charge is -2.14. The number of nitrogens with zero attached hydrogens (tertiary/aromatic N) is 1. The highest BCUT2D eigenvalue weighted by Gasteiger charge is 2.21. The molecule has 1 atom stereocenters. The molecule has 0 spiro atoms. The number of hydrogen-bond donors (Lipinski definition) is 2. The smallest absolute Gasteiger partial charge is 0.257 e. The van der Waals surface area contributed by atoms with Crippen molar-refractivity contribution in [3.63, 3.8) is 0 Å². The van der Waals surface area contributed by atoms with Crippen LogP contribution in [0.5, 0.6) is 5.75 Å². The van der Waals surface area contributed by atoms with E-state index < -0.39 is 0 Å². The maximum Gasteiger partial charge on any atom is 0.257 e. The van der Waals surface area contributed by atoms with Crippen LogP contribution in [0.1, 0.15) is 13.3 Å². The minimum Gasteiger partial charge on any atom is -0.482 e. The monoisotopic (exact) mass is 277 g/mol. The largest absolute Gasteiger partial charge is 0.482 e. The minimum absolute atomic E-state index is 0.0123. The maximum absolute atomic E-state index is 11.7. The number of amides is 1. The van der Waals surface area contributed by atoms with E-state index in [1.807, 2.05) is 12.1 Å². The Bertz CT molecular complexity index is 450. The van der Waals surface area contributed by atoms with Gasteiger partial charge in [0.2, 0.25) is 0 Å². The molecular formula is C15H23N3O2. The van der Waals surface area contributed by atoms with Gasteiger partial charge in [-0.3, -0.25) is 4.79 Å². The van der Waals surface area contributed by atoms with Crippen molar-refractivity contribution < 1.29 is 9.53 Å². The van der Waals surface area contributed by atoms with E-state index in [9.17, 15) is 4.79 Å². The Kier molecular flexibility index (Phi) is 5.24. The Morgan fingerprint density at radius 1 is 1.50 bits per heavy atom. The van der Waals surface area contributed by atoms with E-state index in [0.29, 0.717) is 17.4 Å². The van der Waals surface area contributed by atoms with Crippen molar-refractivity contribution in [1.82, 2.24) is 10.2 Å². The Labute approximate surface area is 120 Å². The van der Waals surface area contributed by atoms with Crippen molar-refractivity contribution in [3.8, 4) is 5.75 Å². The number of carbonyl (C=O) groups excluding carboxylic acids is 1. The number of para-hydroxylation sites is 2. The predicted molar refractivity (Wildman–Crippen MR) is 79.6 cm³/mol. The molecule has 0 aliphatic carbocycles. The van der Waals surface area contributed by atoms with Gasteiger partial charge >= 0.3 is 0 Å². The van der Waals surface area contributed by atoms with Crippen LogP contribution in [-0.2, 0) is 4.79 Å². The molecule has 5 nitrogen and oxygen atoms in total. The standard InChI is InChI=1S/C15H23N3O2/c1-2-18-8-7-12(10-18)9-17-15(19)11-20-14-6-4-3-5-13(14)16/h3-6,12H,2,7-11,16H2,1H3,(H,17,19). The Hall–Kier alpha value is -1.75. The van der Waals surface area contributed by atoms with Crippen LogP contribution in [0.15, 0.2) is 24.3 Å². The molecule has 0 saturated carbocycles. The molecular weight excluding hydrogens is 254 g/mol. The first kappa shape index (κ1) is 14.7. The third-order valence-electron chi connectivity index (χ3n) is 3.68. The van der Waals surface area contributed by atoms with Crippen LogP contribution >= 0.6 is 0 Å². The highest BCUT2D eigenvalue weighted by atomic mass is 16.5. The molecule has 0 radical (unpaired) electrons. The molecule has 3 N–H and O–H groups in total. The van der Waals surface area contributed by atoms with Crippen LogP contribution in [-0.4, -0.2) is 43.6 Å². The Morgan fingerprint density at radius 2 is 2.30 bits per heavy atom. The van der Waals surface area contributed by atoms with E-state index >= 15 is 0 Å². The fourth-order valence-corrected chi connectivity index (χ4v) is 2.43. The SMILES string of the molecule is CCN1CCC(CNC(=O)COc2ccccc2N)C1. The highest BCUT2D eigenvalue weighted by molar-refractivity contribution is 5.77. The molecule has 1 aliphatic rings. The molecule has 5 heteroatoms. The van der Waals surface area contributed by atoms with Gasteiger partial charge in [0.05, 0.1) is 5.69 Å². The molecule has 20 heavy (non-hydrogen) atoms. The van der Waals surface area contributed by atoms with Gasteiger partial charge in [0.25, 0.3) is 5.91 Å². The number of hydrogen-bond acceptors (Lipinski definition) is 4. The zero-order valence-corrected chi connectivity index (χ0v) is 12.0. The molecule has 1 aromatic rings. The van der Waals surface area contributed by atoms with Gasteiger partial charge in [-0.25, -0.2) is 0 Å². The highest BCUT2D eigenvalue weighted by Crippen LogP contribution is 2.19. The summed E-state index contributed by atoms with van der Waals surface area (Å²) in [6.07, 6.45) is 1.15. The van der Waals surface area contributed by atoms with Crippen molar-refractivity contribution in [2.75, 3.05) is 38.5 Å². The molecule has 0 aromatic heterocycles. The third-order valence-corrected chi connectivity index (χ3v) is 3.68. The number of ether oxygens (including phenoxy) is 1. The minimum atomic E-state index is -0.0943. The third kappa shape index (κ3) is 4.13. The lowest BCUT2D eigenvalue weighted by molar-refractivity contribution is -0.123. The molecule has 1 unspecified atom stereocenters. The van der Waals surface area contributed by atoms with Gasteiger partial charge in [-0.1, -0.05) is 19.1 Å². The zero-order chi connectivity index (χ0) is 14.4. The molecule has 1 amide bonds. The van der Waals surface area contributed by atoms with Crippen LogP contribution in [0.2, 0.25) is 0 Å². The summed E-state index contributed by atoms with van der Waals surface area (Å²) in [5, 5.41) is 2.93. The van der Waals surface area contributed by atoms with Crippen LogP contribution in [0.4, 0.5) is 5.69 Å². The van der Waals surface area contributed by atoms with Crippen molar-refractivity contribution in [2.45, 2.75) is 13.3 Å². The molecule has 1 heterocycles. The van der Waals surface area contributed by atoms with Gasteiger partial charge in [-0.05, 0) is 37.6 Å². The Balaban J connectivity index is 1.67. The van der Waals surface area contributed by atoms with E-state index in [-0.39, 0.29) is 12.5 Å². The lowest BCUT2D eigenvalue weighted by Crippen LogP contribution is -2.34. The van der Waals surface area contributed by atoms with E-state index in [1.165, 1.54) is 0 Å². The first-order valence-corrected chi connectivity index (χ1v) is 7.15. The summed E-state index contributed by atoms with van der Waals surface area (Å²) in [4.78, 5) is 14.1. The summed E-state index contributed by atoms with van der Waals surface area (Å²) in [7, 11) is 0. The predicted octanol–water partition coefficient (Wildman–Crippen LogP) is 1.11. The number of nitrogen functional groups attached to an aromatic ring is 1. The van der Waals surface area contributed by atoms with Crippen LogP contribution in [0.25, 0.3) is 0 Å². The fourth-order valence-electron chi connectivity index (χ4n) is 2.43. The summed E-state index contributed by atoms with van der Waals surface area (Å²) < 4.78 is 5.41. The molecule has 1 aromatic carbocycles. The normalized spacial score (nSPS) is 18.9. The molecule has 0 bridgehead atoms. The van der Waals surface area contributed by atoms with E-state index in [0.717, 1.165) is 32.6 Å². The average molecular weight is 277 g/mol. The number of rotatable bonds is 6. The van der Waals surface area contributed by atoms with Crippen molar-refractivity contribution >= 4 is 11.6 Å². The van der Waals surface area contributed by atoms with E-state index in [1.54, 1.807) is 12.1 Å². The summed E-state index contributed by atoms with van der Waals surface area (Å²) in [5.74, 6) is 1.02. The van der Waals surface area contributed by atoms with Gasteiger partial charge in [0, 0.05) is 13.1 Å². The zero-order valence-electron chi connectivity index (χ0n) is 12.0. The van der Waals surface area contributed by atoms with Crippen molar-refractivity contribution in [3.05, 3.63) is 24.3 Å². The summed E-state index contributed by atoms with van der Waals surface area (Å²) in [6, 6.07) is 7.19. The first-order chi connectivity index (χ1) is 9.69. The average Bonchev–Trinajstić information content (AvgIpc) is 2.92. The van der Waals surface area contributed by atoms with Crippen molar-refractivity contribution in [2.24, 2.45) is 5.92 Å². The summed E-state index contributed by atoms with van der Waals surface area (Å²) >= 11 is 0. The van der Waals surface area contributed by atoms with Crippen LogP contribution < -0.4 is 15.8 Å². The van der Waals surface area contributed by atoms with Crippen molar-refractivity contribution in [1.29, 1.82) is 0 Å². The number of likely N-dealkylation sites (tertiary alicyclic amines) is 1. The first-order valence-electron chi connectivity index (χ1n) is 7.15. The molecule has 1 fully saturated rings. The molecule has 110 valence electrons. The molecule has 1 saturated heterocycles. The summed E-state index contributed by atoms with van der Waals surface area (Å²) in [5.41, 5.74) is 6.30. The maximum atomic E-state index is 11.7. The molecule has 2 rings (SSSR count). The van der Waals surface area contributed by atoms with Gasteiger partial charge in [0.1, 0.15) is 5.75 Å². The van der Waals surface area contributed by atoms with Gasteiger partial charge < -0.3 is 20.7 Å². The second-order valence-corrected chi connectivity index (χ2v) is 5.18. The number of anilines is 1. The number of nitrogens with one attached hydrogen (secondary N) is 1. The number of nitrogens with two attached hydrogens (primary N) is 1. The van der Waals surface area contributed by atoms with Gasteiger partial charge in [0.15, 0.2) is 6.61 Å². The lowest BCUT2D eigenvalue weighted by atomic mass is 10.1. The van der Waals surface area contributed by atoms with Crippen LogP contribution in [0.3, 0.4) is 0 Å². The summed E-state index contributed by atoms with van der Waals surface area (Å²) in [6.45, 7) is 6.19. The van der Waals surface area contributed by atoms with E-state index in [2.05, 4.69) is 17.1 Å². The Morgan fingerprint density at radius 3 is 3.00 bits per heavy atom. The number of carbonyl (C=O) groups is 1. The fraction of sp³-hybridized carbons (Fsp3) is 0.533.